The van der Waals surface area contributed by atoms with E-state index in [1.165, 1.54) is 4.31 Å². The molecule has 6 nitrogen and oxygen atoms in total. The first-order valence-corrected chi connectivity index (χ1v) is 7.89. The van der Waals surface area contributed by atoms with E-state index in [1.807, 2.05) is 0 Å². The molecule has 2 rings (SSSR count). The van der Waals surface area contributed by atoms with E-state index < -0.39 is 10.2 Å². The van der Waals surface area contributed by atoms with Crippen molar-refractivity contribution in [1.82, 2.24) is 14.0 Å². The molecular weight excluding hydrogens is 264 g/mol. The molecule has 19 heavy (non-hydrogen) atoms. The fraction of sp³-hybridized carbons (Fsp3) is 0.583. The molecule has 1 fully saturated rings. The number of hydrogen-bond acceptors (Lipinski definition) is 4. The lowest BCUT2D eigenvalue weighted by Gasteiger charge is -2.30. The Morgan fingerprint density at radius 2 is 1.95 bits per heavy atom. The summed E-state index contributed by atoms with van der Waals surface area (Å²) in [5, 5.41) is 0. The van der Waals surface area contributed by atoms with Crippen molar-refractivity contribution in [2.75, 3.05) is 19.6 Å². The largest absolute Gasteiger partial charge is 0.330 e. The van der Waals surface area contributed by atoms with E-state index in [0.29, 0.717) is 32.1 Å². The van der Waals surface area contributed by atoms with Crippen LogP contribution < -0.4 is 10.5 Å². The van der Waals surface area contributed by atoms with Gasteiger partial charge in [-0.2, -0.15) is 17.4 Å². The van der Waals surface area contributed by atoms with Crippen LogP contribution in [0.1, 0.15) is 18.4 Å². The number of pyridine rings is 1. The lowest BCUT2D eigenvalue weighted by atomic mass is 9.99. The van der Waals surface area contributed by atoms with Gasteiger partial charge in [0.25, 0.3) is 10.2 Å². The maximum atomic E-state index is 12.1. The maximum absolute atomic E-state index is 12.1. The van der Waals surface area contributed by atoms with Gasteiger partial charge in [0.15, 0.2) is 0 Å². The van der Waals surface area contributed by atoms with Crippen molar-refractivity contribution in [1.29, 1.82) is 0 Å². The average molecular weight is 284 g/mol. The van der Waals surface area contributed by atoms with Crippen LogP contribution >= 0.6 is 0 Å². The minimum Gasteiger partial charge on any atom is -0.330 e. The highest BCUT2D eigenvalue weighted by Crippen LogP contribution is 2.17. The van der Waals surface area contributed by atoms with E-state index >= 15 is 0 Å². The molecule has 2 heterocycles. The normalized spacial score (nSPS) is 18.6. The summed E-state index contributed by atoms with van der Waals surface area (Å²) in [7, 11) is -3.39. The number of rotatable bonds is 5. The van der Waals surface area contributed by atoms with Crippen molar-refractivity contribution in [3.8, 4) is 0 Å². The highest BCUT2D eigenvalue weighted by Gasteiger charge is 2.26. The van der Waals surface area contributed by atoms with Crippen molar-refractivity contribution in [3.63, 3.8) is 0 Å². The molecule has 0 amide bonds. The Kier molecular flexibility index (Phi) is 4.87. The van der Waals surface area contributed by atoms with Crippen LogP contribution in [0.5, 0.6) is 0 Å². The summed E-state index contributed by atoms with van der Waals surface area (Å²) >= 11 is 0. The van der Waals surface area contributed by atoms with Gasteiger partial charge in [-0.25, -0.2) is 0 Å². The van der Waals surface area contributed by atoms with E-state index in [0.717, 1.165) is 18.4 Å². The van der Waals surface area contributed by atoms with Gasteiger partial charge < -0.3 is 5.73 Å². The second-order valence-electron chi connectivity index (χ2n) is 4.76. The molecule has 1 saturated heterocycles. The highest BCUT2D eigenvalue weighted by atomic mass is 32.2. The monoisotopic (exact) mass is 284 g/mol. The van der Waals surface area contributed by atoms with Crippen molar-refractivity contribution in [2.24, 2.45) is 11.7 Å². The predicted octanol–water partition coefficient (Wildman–Crippen LogP) is 0.0867. The number of nitrogens with zero attached hydrogens (tertiary/aromatic N) is 2. The third-order valence-electron chi connectivity index (χ3n) is 3.45. The smallest absolute Gasteiger partial charge is 0.279 e. The van der Waals surface area contributed by atoms with Crippen molar-refractivity contribution >= 4 is 10.2 Å². The van der Waals surface area contributed by atoms with Crippen LogP contribution in [0, 0.1) is 5.92 Å². The Morgan fingerprint density at radius 1 is 1.32 bits per heavy atom. The van der Waals surface area contributed by atoms with Gasteiger partial charge in [0, 0.05) is 32.0 Å². The molecular formula is C12H20N4O2S. The molecule has 0 radical (unpaired) electrons. The molecule has 0 unspecified atom stereocenters. The number of piperidine rings is 1. The van der Waals surface area contributed by atoms with Crippen molar-refractivity contribution < 1.29 is 8.42 Å². The van der Waals surface area contributed by atoms with Gasteiger partial charge in [-0.1, -0.05) is 0 Å². The first-order chi connectivity index (χ1) is 9.12. The van der Waals surface area contributed by atoms with E-state index in [9.17, 15) is 8.42 Å². The van der Waals surface area contributed by atoms with E-state index in [-0.39, 0.29) is 0 Å². The number of hydrogen-bond donors (Lipinski definition) is 2. The molecule has 1 aromatic rings. The summed E-state index contributed by atoms with van der Waals surface area (Å²) < 4.78 is 28.4. The maximum Gasteiger partial charge on any atom is 0.279 e. The SMILES string of the molecule is NCC1CCN(S(=O)(=O)NCc2ccncc2)CC1. The molecule has 1 aromatic heterocycles. The fourth-order valence-electron chi connectivity index (χ4n) is 2.15. The first kappa shape index (κ1) is 14.4. The zero-order chi connectivity index (χ0) is 13.7. The van der Waals surface area contributed by atoms with Crippen molar-refractivity contribution in [2.45, 2.75) is 19.4 Å². The predicted molar refractivity (Wildman–Crippen MR) is 73.3 cm³/mol. The highest BCUT2D eigenvalue weighted by molar-refractivity contribution is 7.87. The molecule has 0 aliphatic carbocycles. The minimum atomic E-state index is -3.39. The van der Waals surface area contributed by atoms with Crippen LogP contribution in [0.2, 0.25) is 0 Å². The van der Waals surface area contributed by atoms with Gasteiger partial charge >= 0.3 is 0 Å². The zero-order valence-electron chi connectivity index (χ0n) is 10.8. The van der Waals surface area contributed by atoms with Gasteiger partial charge in [0.05, 0.1) is 0 Å². The molecule has 1 aliphatic rings. The van der Waals surface area contributed by atoms with E-state index in [4.69, 9.17) is 5.73 Å². The van der Waals surface area contributed by atoms with E-state index in [2.05, 4.69) is 9.71 Å². The molecule has 106 valence electrons. The Balaban J connectivity index is 1.89. The summed E-state index contributed by atoms with van der Waals surface area (Å²) in [6.07, 6.45) is 4.98. The third-order valence-corrected chi connectivity index (χ3v) is 5.01. The number of nitrogens with two attached hydrogens (primary N) is 1. The number of aromatic nitrogens is 1. The van der Waals surface area contributed by atoms with E-state index in [1.54, 1.807) is 24.5 Å². The summed E-state index contributed by atoms with van der Waals surface area (Å²) in [6, 6.07) is 3.59. The molecule has 0 spiro atoms. The summed E-state index contributed by atoms with van der Waals surface area (Å²) in [4.78, 5) is 3.90. The molecule has 7 heteroatoms. The van der Waals surface area contributed by atoms with Gasteiger partial charge in [0.1, 0.15) is 0 Å². The van der Waals surface area contributed by atoms with Gasteiger partial charge in [0.2, 0.25) is 0 Å². The van der Waals surface area contributed by atoms with Gasteiger partial charge in [-0.05, 0) is 43.0 Å². The number of nitrogens with one attached hydrogen (secondary N) is 1. The minimum absolute atomic E-state index is 0.293. The van der Waals surface area contributed by atoms with Crippen molar-refractivity contribution in [3.05, 3.63) is 30.1 Å². The molecule has 0 atom stereocenters. The van der Waals surface area contributed by atoms with Gasteiger partial charge in [-0.15, -0.1) is 0 Å². The topological polar surface area (TPSA) is 88.3 Å². The van der Waals surface area contributed by atoms with Crippen LogP contribution in [0.15, 0.2) is 24.5 Å². The lowest BCUT2D eigenvalue weighted by molar-refractivity contribution is 0.275. The second-order valence-corrected chi connectivity index (χ2v) is 6.51. The van der Waals surface area contributed by atoms with Crippen LogP contribution in [-0.4, -0.2) is 37.3 Å². The molecule has 1 aliphatic heterocycles. The molecule has 0 aromatic carbocycles. The van der Waals surface area contributed by atoms with Gasteiger partial charge in [-0.3, -0.25) is 4.98 Å². The Labute approximate surface area is 114 Å². The molecule has 3 N–H and O–H groups in total. The summed E-state index contributed by atoms with van der Waals surface area (Å²) in [6.45, 7) is 2.03. The van der Waals surface area contributed by atoms with Crippen LogP contribution in [0.4, 0.5) is 0 Å². The van der Waals surface area contributed by atoms with Crippen LogP contribution in [0.25, 0.3) is 0 Å². The molecule has 0 bridgehead atoms. The third kappa shape index (κ3) is 3.97. The fourth-order valence-corrected chi connectivity index (χ4v) is 3.37. The Hall–Kier alpha value is -1.02. The Morgan fingerprint density at radius 3 is 2.53 bits per heavy atom. The lowest BCUT2D eigenvalue weighted by Crippen LogP contribution is -2.45. The summed E-state index contributed by atoms with van der Waals surface area (Å²) in [5.41, 5.74) is 6.50. The van der Waals surface area contributed by atoms with Crippen LogP contribution in [-0.2, 0) is 16.8 Å². The second kappa shape index (κ2) is 6.42. The standard InChI is InChI=1S/C12H20N4O2S/c13-9-11-3-7-16(8-4-11)19(17,18)15-10-12-1-5-14-6-2-12/h1-2,5-6,11,15H,3-4,7-10,13H2. The summed E-state index contributed by atoms with van der Waals surface area (Å²) in [5.74, 6) is 0.451. The first-order valence-electron chi connectivity index (χ1n) is 6.45. The quantitative estimate of drug-likeness (QED) is 0.802. The zero-order valence-corrected chi connectivity index (χ0v) is 11.6. The molecule has 0 saturated carbocycles. The Bertz CT molecular complexity index is 484. The average Bonchev–Trinajstić information content (AvgIpc) is 2.46. The van der Waals surface area contributed by atoms with Crippen LogP contribution in [0.3, 0.4) is 0 Å².